The van der Waals surface area contributed by atoms with Crippen LogP contribution in [0.3, 0.4) is 0 Å². The summed E-state index contributed by atoms with van der Waals surface area (Å²) in [5.74, 6) is -1.06. The van der Waals surface area contributed by atoms with Crippen molar-refractivity contribution in [1.29, 1.82) is 0 Å². The van der Waals surface area contributed by atoms with Gasteiger partial charge in [0.25, 0.3) is 11.5 Å². The van der Waals surface area contributed by atoms with Gasteiger partial charge in [-0.05, 0) is 48.5 Å². The minimum atomic E-state index is -0.702. The van der Waals surface area contributed by atoms with Gasteiger partial charge in [0, 0.05) is 17.0 Å². The van der Waals surface area contributed by atoms with Gasteiger partial charge in [0.05, 0.1) is 27.7 Å². The first-order valence-corrected chi connectivity index (χ1v) is 12.9. The van der Waals surface area contributed by atoms with Crippen molar-refractivity contribution in [3.63, 3.8) is 0 Å². The fraction of sp³-hybridized carbons (Fsp3) is 0.0323. The number of aromatic nitrogens is 2. The van der Waals surface area contributed by atoms with Gasteiger partial charge in [-0.3, -0.25) is 19.7 Å². The summed E-state index contributed by atoms with van der Waals surface area (Å²) < 4.78 is 26.2. The highest BCUT2D eigenvalue weighted by Crippen LogP contribution is 2.29. The Morgan fingerprint density at radius 3 is 2.63 bits per heavy atom. The summed E-state index contributed by atoms with van der Waals surface area (Å²) >= 11 is 0. The van der Waals surface area contributed by atoms with Gasteiger partial charge in [-0.1, -0.05) is 42.5 Å². The maximum Gasteiger partial charge on any atom is 0.311 e. The van der Waals surface area contributed by atoms with Gasteiger partial charge in [-0.15, -0.1) is 0 Å². The molecule has 0 unspecified atom stereocenters. The van der Waals surface area contributed by atoms with Gasteiger partial charge in [-0.2, -0.15) is 9.78 Å². The van der Waals surface area contributed by atoms with Crippen molar-refractivity contribution in [3.8, 4) is 17.3 Å². The first-order valence-electron chi connectivity index (χ1n) is 12.9. The second-order valence-electron chi connectivity index (χ2n) is 9.26. The molecule has 0 radical (unpaired) electrons. The summed E-state index contributed by atoms with van der Waals surface area (Å²) in [4.78, 5) is 41.5. The number of hydrogen-bond acceptors (Lipinski definition) is 8. The van der Waals surface area contributed by atoms with E-state index >= 15 is 0 Å². The van der Waals surface area contributed by atoms with E-state index in [0.29, 0.717) is 22.2 Å². The van der Waals surface area contributed by atoms with Gasteiger partial charge >= 0.3 is 5.69 Å². The molecule has 0 saturated heterocycles. The molecule has 43 heavy (non-hydrogen) atoms. The van der Waals surface area contributed by atoms with Crippen LogP contribution in [0.15, 0.2) is 111 Å². The molecule has 11 nitrogen and oxygen atoms in total. The smallest absolute Gasteiger partial charge is 0.311 e. The van der Waals surface area contributed by atoms with Crippen LogP contribution in [-0.2, 0) is 4.79 Å². The summed E-state index contributed by atoms with van der Waals surface area (Å²) in [6.45, 7) is -0.596. The van der Waals surface area contributed by atoms with Crippen LogP contribution in [0.4, 0.5) is 15.8 Å². The van der Waals surface area contributed by atoms with Gasteiger partial charge in [0.1, 0.15) is 11.4 Å². The molecule has 1 amide bonds. The number of nitrogens with zero attached hydrogens (tertiary/aromatic N) is 4. The molecular weight excluding hydrogens is 557 g/mol. The van der Waals surface area contributed by atoms with Crippen LogP contribution in [0, 0.1) is 15.9 Å². The van der Waals surface area contributed by atoms with E-state index in [2.05, 4.69) is 15.4 Å². The van der Waals surface area contributed by atoms with Crippen molar-refractivity contribution >= 4 is 45.4 Å². The summed E-state index contributed by atoms with van der Waals surface area (Å²) in [5.41, 5.74) is 0.370. The molecule has 0 aliphatic rings. The number of carbonyl (C=O) groups excluding carboxylic acids is 1. The number of furan rings is 1. The normalized spacial score (nSPS) is 11.3. The number of amides is 1. The number of ether oxygens (including phenoxy) is 1. The first kappa shape index (κ1) is 27.0. The van der Waals surface area contributed by atoms with Crippen molar-refractivity contribution in [1.82, 2.24) is 9.66 Å². The number of carbonyl (C=O) groups is 1. The second kappa shape index (κ2) is 11.4. The highest BCUT2D eigenvalue weighted by Gasteiger charge is 2.19. The van der Waals surface area contributed by atoms with E-state index in [1.165, 1.54) is 42.6 Å². The summed E-state index contributed by atoms with van der Waals surface area (Å²) in [6, 6.07) is 25.4. The molecule has 0 saturated carbocycles. The Morgan fingerprint density at radius 1 is 1.05 bits per heavy atom. The summed E-state index contributed by atoms with van der Waals surface area (Å²) in [6.07, 6.45) is 1.27. The monoisotopic (exact) mass is 577 g/mol. The van der Waals surface area contributed by atoms with Crippen LogP contribution in [-0.4, -0.2) is 33.3 Å². The Kier molecular flexibility index (Phi) is 7.15. The summed E-state index contributed by atoms with van der Waals surface area (Å²) in [7, 11) is 0. The van der Waals surface area contributed by atoms with Gasteiger partial charge in [0.15, 0.2) is 18.1 Å². The molecule has 0 fully saturated rings. The third-order valence-corrected chi connectivity index (χ3v) is 6.41. The van der Waals surface area contributed by atoms with Crippen LogP contribution in [0.5, 0.6) is 5.75 Å². The van der Waals surface area contributed by atoms with Crippen LogP contribution >= 0.6 is 0 Å². The maximum absolute atomic E-state index is 13.8. The second-order valence-corrected chi connectivity index (χ2v) is 9.26. The largest absolute Gasteiger partial charge is 0.477 e. The van der Waals surface area contributed by atoms with Crippen molar-refractivity contribution in [3.05, 3.63) is 129 Å². The number of anilines is 1. The number of nitro benzene ring substituents is 1. The average Bonchev–Trinajstić information content (AvgIpc) is 3.45. The lowest BCUT2D eigenvalue weighted by Gasteiger charge is -2.09. The molecule has 0 aliphatic heterocycles. The Bertz CT molecular complexity index is 2090. The molecule has 4 aromatic carbocycles. The van der Waals surface area contributed by atoms with Crippen molar-refractivity contribution in [2.75, 3.05) is 11.9 Å². The Labute approximate surface area is 241 Å². The number of hydrogen-bond donors (Lipinski definition) is 1. The number of nitrogens with one attached hydrogen (secondary N) is 1. The van der Waals surface area contributed by atoms with Crippen molar-refractivity contribution < 1.29 is 23.3 Å². The number of nitro groups is 1. The van der Waals surface area contributed by atoms with E-state index < -0.39 is 34.5 Å². The van der Waals surface area contributed by atoms with Gasteiger partial charge in [0.2, 0.25) is 5.82 Å². The highest BCUT2D eigenvalue weighted by molar-refractivity contribution is 5.92. The van der Waals surface area contributed by atoms with E-state index in [9.17, 15) is 24.1 Å². The lowest BCUT2D eigenvalue weighted by atomic mass is 10.2. The Hall–Kier alpha value is -6.17. The molecule has 2 aromatic heterocycles. The van der Waals surface area contributed by atoms with E-state index in [1.54, 1.807) is 42.5 Å². The number of fused-ring (bicyclic) bond motifs is 2. The Morgan fingerprint density at radius 2 is 1.81 bits per heavy atom. The third-order valence-electron chi connectivity index (χ3n) is 6.41. The van der Waals surface area contributed by atoms with Gasteiger partial charge < -0.3 is 14.5 Å². The molecule has 0 spiro atoms. The number of rotatable bonds is 8. The van der Waals surface area contributed by atoms with Crippen molar-refractivity contribution in [2.45, 2.75) is 0 Å². The van der Waals surface area contributed by atoms with E-state index in [1.807, 2.05) is 18.2 Å². The molecule has 12 heteroatoms. The standard InChI is InChI=1S/C31H20FN5O6/c32-22-9-3-5-11-24(22)34-29(38)18-42-27-14-13-19(15-25(27)37(40)41)17-33-36-30(28-16-20-7-1-6-12-26(20)43-28)35-23-10-4-2-8-21(23)31(36)39/h1-17H,18H2,(H,34,38). The molecule has 0 aliphatic carbocycles. The third kappa shape index (κ3) is 5.57. The van der Waals surface area contributed by atoms with E-state index in [4.69, 9.17) is 9.15 Å². The zero-order valence-electron chi connectivity index (χ0n) is 22.1. The molecule has 0 atom stereocenters. The Balaban J connectivity index is 1.31. The molecule has 1 N–H and O–H groups in total. The zero-order valence-corrected chi connectivity index (χ0v) is 22.1. The summed E-state index contributed by atoms with van der Waals surface area (Å²) in [5, 5.41) is 19.6. The van der Waals surface area contributed by atoms with Crippen LogP contribution in [0.25, 0.3) is 33.5 Å². The quantitative estimate of drug-likeness (QED) is 0.138. The predicted octanol–water partition coefficient (Wildman–Crippen LogP) is 5.76. The lowest BCUT2D eigenvalue weighted by molar-refractivity contribution is -0.385. The van der Waals surface area contributed by atoms with Crippen LogP contribution < -0.4 is 15.6 Å². The minimum absolute atomic E-state index is 0.0439. The molecule has 2 heterocycles. The lowest BCUT2D eigenvalue weighted by Crippen LogP contribution is -2.21. The van der Waals surface area contributed by atoms with E-state index in [0.717, 1.165) is 10.1 Å². The molecule has 212 valence electrons. The molecule has 6 rings (SSSR count). The molecule has 6 aromatic rings. The average molecular weight is 578 g/mol. The predicted molar refractivity (Wildman–Crippen MR) is 158 cm³/mol. The van der Waals surface area contributed by atoms with Crippen molar-refractivity contribution in [2.24, 2.45) is 5.10 Å². The maximum atomic E-state index is 13.8. The minimum Gasteiger partial charge on any atom is -0.477 e. The highest BCUT2D eigenvalue weighted by atomic mass is 19.1. The first-order chi connectivity index (χ1) is 20.9. The topological polar surface area (TPSA) is 142 Å². The fourth-order valence-electron chi connectivity index (χ4n) is 4.38. The molecular formula is C31H20FN5O6. The van der Waals surface area contributed by atoms with Gasteiger partial charge in [-0.25, -0.2) is 9.37 Å². The number of halogens is 1. The molecule has 0 bridgehead atoms. The number of para-hydroxylation sites is 3. The fourth-order valence-corrected chi connectivity index (χ4v) is 4.38. The van der Waals surface area contributed by atoms with Crippen LogP contribution in [0.1, 0.15) is 5.56 Å². The SMILES string of the molecule is O=C(COc1ccc(C=Nn2c(-c3cc4ccccc4o3)nc3ccccc3c2=O)cc1[N+](=O)[O-])Nc1ccccc1F. The van der Waals surface area contributed by atoms with E-state index in [-0.39, 0.29) is 22.8 Å². The zero-order chi connectivity index (χ0) is 29.9. The van der Waals surface area contributed by atoms with Crippen LogP contribution in [0.2, 0.25) is 0 Å². The number of benzene rings is 4.